The summed E-state index contributed by atoms with van der Waals surface area (Å²) in [7, 11) is 1.65. The number of nitrogens with one attached hydrogen (secondary N) is 1. The molecule has 6 heteroatoms. The van der Waals surface area contributed by atoms with E-state index in [1.54, 1.807) is 7.11 Å². The first-order valence-corrected chi connectivity index (χ1v) is 8.51. The van der Waals surface area contributed by atoms with E-state index in [-0.39, 0.29) is 5.91 Å². The summed E-state index contributed by atoms with van der Waals surface area (Å²) >= 11 is 1.39. The number of aromatic nitrogens is 2. The van der Waals surface area contributed by atoms with E-state index in [0.29, 0.717) is 11.4 Å². The molecule has 0 aliphatic carbocycles. The molecule has 0 aliphatic heterocycles. The van der Waals surface area contributed by atoms with Crippen LogP contribution in [-0.2, 0) is 6.42 Å². The second-order valence-electron chi connectivity index (χ2n) is 5.32. The number of aryl methyl sites for hydroxylation is 1. The Hall–Kier alpha value is -2.60. The zero-order valence-electron chi connectivity index (χ0n) is 13.7. The van der Waals surface area contributed by atoms with Crippen LogP contribution in [-0.4, -0.2) is 29.1 Å². The number of rotatable bonds is 6. The monoisotopic (exact) mass is 341 g/mol. The fourth-order valence-corrected chi connectivity index (χ4v) is 3.42. The Morgan fingerprint density at radius 3 is 2.75 bits per heavy atom. The van der Waals surface area contributed by atoms with Crippen LogP contribution in [0.15, 0.2) is 48.8 Å². The van der Waals surface area contributed by atoms with Gasteiger partial charge in [0.1, 0.15) is 10.6 Å². The highest BCUT2D eigenvalue weighted by Crippen LogP contribution is 2.22. The average molecular weight is 341 g/mol. The molecule has 1 amide bonds. The number of ether oxygens (including phenoxy) is 1. The van der Waals surface area contributed by atoms with Crippen LogP contribution in [0.1, 0.15) is 20.9 Å². The number of hydrogen-bond acceptors (Lipinski definition) is 4. The molecule has 124 valence electrons. The minimum Gasteiger partial charge on any atom is -0.496 e. The summed E-state index contributed by atoms with van der Waals surface area (Å²) in [6.45, 7) is 2.41. The molecule has 0 saturated heterocycles. The van der Waals surface area contributed by atoms with Crippen molar-refractivity contribution in [1.82, 2.24) is 14.9 Å². The minimum atomic E-state index is -0.0849. The standard InChI is InChI=1S/C18H19N3O2S/c1-13-16(24-18(20-13)21-11-5-6-12-21)17(22)19-10-9-14-7-3-4-8-15(14)23-2/h3-8,11-12H,9-10H2,1-2H3,(H,19,22). The minimum absolute atomic E-state index is 0.0849. The fraction of sp³-hybridized carbons (Fsp3) is 0.222. The van der Waals surface area contributed by atoms with Crippen LogP contribution < -0.4 is 10.1 Å². The van der Waals surface area contributed by atoms with Crippen LogP contribution in [0.5, 0.6) is 5.75 Å². The Morgan fingerprint density at radius 1 is 1.25 bits per heavy atom. The number of para-hydroxylation sites is 1. The van der Waals surface area contributed by atoms with Gasteiger partial charge < -0.3 is 14.6 Å². The summed E-state index contributed by atoms with van der Waals surface area (Å²) in [5, 5.41) is 3.76. The quantitative estimate of drug-likeness (QED) is 0.749. The van der Waals surface area contributed by atoms with Gasteiger partial charge in [-0.1, -0.05) is 29.5 Å². The van der Waals surface area contributed by atoms with Crippen molar-refractivity contribution in [2.75, 3.05) is 13.7 Å². The molecule has 3 aromatic rings. The van der Waals surface area contributed by atoms with E-state index in [1.165, 1.54) is 11.3 Å². The molecular formula is C18H19N3O2S. The van der Waals surface area contributed by atoms with Crippen molar-refractivity contribution in [3.8, 4) is 10.9 Å². The molecule has 24 heavy (non-hydrogen) atoms. The van der Waals surface area contributed by atoms with Gasteiger partial charge in [-0.3, -0.25) is 4.79 Å². The summed E-state index contributed by atoms with van der Waals surface area (Å²) in [6, 6.07) is 11.7. The molecule has 0 radical (unpaired) electrons. The molecule has 0 saturated carbocycles. The lowest BCUT2D eigenvalue weighted by molar-refractivity contribution is 0.0957. The summed E-state index contributed by atoms with van der Waals surface area (Å²) in [6.07, 6.45) is 4.56. The largest absolute Gasteiger partial charge is 0.496 e. The van der Waals surface area contributed by atoms with E-state index in [1.807, 2.05) is 60.3 Å². The molecule has 1 N–H and O–H groups in total. The molecule has 0 bridgehead atoms. The maximum Gasteiger partial charge on any atom is 0.263 e. The molecule has 5 nitrogen and oxygen atoms in total. The number of thiazole rings is 1. The molecule has 0 unspecified atom stereocenters. The smallest absolute Gasteiger partial charge is 0.263 e. The molecule has 3 rings (SSSR count). The van der Waals surface area contributed by atoms with Crippen LogP contribution in [0.3, 0.4) is 0 Å². The highest BCUT2D eigenvalue weighted by atomic mass is 32.1. The maximum absolute atomic E-state index is 12.4. The van der Waals surface area contributed by atoms with Crippen LogP contribution in [0, 0.1) is 6.92 Å². The zero-order valence-corrected chi connectivity index (χ0v) is 14.5. The van der Waals surface area contributed by atoms with Gasteiger partial charge in [-0.2, -0.15) is 0 Å². The van der Waals surface area contributed by atoms with Gasteiger partial charge in [0, 0.05) is 18.9 Å². The Kier molecular flexibility index (Phi) is 4.96. The number of carbonyl (C=O) groups excluding carboxylic acids is 1. The highest BCUT2D eigenvalue weighted by molar-refractivity contribution is 7.16. The van der Waals surface area contributed by atoms with E-state index in [4.69, 9.17) is 4.74 Å². The first-order valence-electron chi connectivity index (χ1n) is 7.70. The zero-order chi connectivity index (χ0) is 16.9. The number of methoxy groups -OCH3 is 1. The van der Waals surface area contributed by atoms with Crippen molar-refractivity contribution < 1.29 is 9.53 Å². The van der Waals surface area contributed by atoms with Crippen LogP contribution in [0.4, 0.5) is 0 Å². The molecule has 0 aliphatic rings. The first-order chi connectivity index (χ1) is 11.7. The van der Waals surface area contributed by atoms with Crippen molar-refractivity contribution >= 4 is 17.2 Å². The average Bonchev–Trinajstić information content (AvgIpc) is 3.24. The van der Waals surface area contributed by atoms with Gasteiger partial charge in [0.05, 0.1) is 12.8 Å². The van der Waals surface area contributed by atoms with Gasteiger partial charge in [0.15, 0.2) is 5.13 Å². The van der Waals surface area contributed by atoms with Gasteiger partial charge in [-0.05, 0) is 37.1 Å². The molecule has 1 aromatic carbocycles. The third kappa shape index (κ3) is 3.49. The topological polar surface area (TPSA) is 56.1 Å². The Morgan fingerprint density at radius 2 is 2.00 bits per heavy atom. The Balaban J connectivity index is 1.63. The number of carbonyl (C=O) groups is 1. The normalized spacial score (nSPS) is 10.6. The van der Waals surface area contributed by atoms with Crippen molar-refractivity contribution in [3.63, 3.8) is 0 Å². The van der Waals surface area contributed by atoms with Crippen LogP contribution >= 0.6 is 11.3 Å². The van der Waals surface area contributed by atoms with Crippen molar-refractivity contribution in [1.29, 1.82) is 0 Å². The Labute approximate surface area is 144 Å². The maximum atomic E-state index is 12.4. The van der Waals surface area contributed by atoms with E-state index in [2.05, 4.69) is 10.3 Å². The fourth-order valence-electron chi connectivity index (χ4n) is 2.47. The highest BCUT2D eigenvalue weighted by Gasteiger charge is 2.15. The Bertz CT molecular complexity index is 825. The number of nitrogens with zero attached hydrogens (tertiary/aromatic N) is 2. The third-order valence-corrected chi connectivity index (χ3v) is 4.86. The van der Waals surface area contributed by atoms with Crippen molar-refractivity contribution in [3.05, 3.63) is 64.9 Å². The molecule has 0 spiro atoms. The third-order valence-electron chi connectivity index (χ3n) is 3.69. The van der Waals surface area contributed by atoms with Gasteiger partial charge in [-0.15, -0.1) is 0 Å². The number of benzene rings is 1. The van der Waals surface area contributed by atoms with Gasteiger partial charge in [0.2, 0.25) is 0 Å². The van der Waals surface area contributed by atoms with E-state index >= 15 is 0 Å². The predicted octanol–water partition coefficient (Wildman–Crippen LogP) is 3.22. The molecule has 2 heterocycles. The van der Waals surface area contributed by atoms with Crippen LogP contribution in [0.2, 0.25) is 0 Å². The lowest BCUT2D eigenvalue weighted by Gasteiger charge is -2.08. The van der Waals surface area contributed by atoms with E-state index in [0.717, 1.165) is 28.6 Å². The van der Waals surface area contributed by atoms with Gasteiger partial charge in [-0.25, -0.2) is 4.98 Å². The van der Waals surface area contributed by atoms with Crippen molar-refractivity contribution in [2.24, 2.45) is 0 Å². The summed E-state index contributed by atoms with van der Waals surface area (Å²) in [5.41, 5.74) is 1.83. The van der Waals surface area contributed by atoms with E-state index in [9.17, 15) is 4.79 Å². The lowest BCUT2D eigenvalue weighted by Crippen LogP contribution is -2.25. The number of hydrogen-bond donors (Lipinski definition) is 1. The first kappa shape index (κ1) is 16.3. The second kappa shape index (κ2) is 7.31. The van der Waals surface area contributed by atoms with Gasteiger partial charge >= 0.3 is 0 Å². The molecule has 2 aromatic heterocycles. The van der Waals surface area contributed by atoms with Crippen LogP contribution in [0.25, 0.3) is 5.13 Å². The van der Waals surface area contributed by atoms with Crippen molar-refractivity contribution in [2.45, 2.75) is 13.3 Å². The summed E-state index contributed by atoms with van der Waals surface area (Å²) in [4.78, 5) is 17.5. The molecular weight excluding hydrogens is 322 g/mol. The molecule has 0 fully saturated rings. The lowest BCUT2D eigenvalue weighted by atomic mass is 10.1. The summed E-state index contributed by atoms with van der Waals surface area (Å²) in [5.74, 6) is 0.758. The second-order valence-corrected chi connectivity index (χ2v) is 6.30. The van der Waals surface area contributed by atoms with E-state index < -0.39 is 0 Å². The molecule has 0 atom stereocenters. The SMILES string of the molecule is COc1ccccc1CCNC(=O)c1sc(-n2cccc2)nc1C. The van der Waals surface area contributed by atoms with Gasteiger partial charge in [0.25, 0.3) is 5.91 Å². The number of amides is 1. The predicted molar refractivity (Wildman–Crippen MR) is 95.2 cm³/mol. The summed E-state index contributed by atoms with van der Waals surface area (Å²) < 4.78 is 7.23.